The van der Waals surface area contributed by atoms with E-state index >= 15 is 0 Å². The Hall–Kier alpha value is -3.58. The summed E-state index contributed by atoms with van der Waals surface area (Å²) >= 11 is 1.50. The van der Waals surface area contributed by atoms with Crippen molar-refractivity contribution in [1.29, 1.82) is 0 Å². The average molecular weight is 432 g/mol. The second kappa shape index (κ2) is 8.65. The summed E-state index contributed by atoms with van der Waals surface area (Å²) in [6, 6.07) is 16.7. The van der Waals surface area contributed by atoms with Crippen molar-refractivity contribution in [1.82, 2.24) is 9.55 Å². The van der Waals surface area contributed by atoms with Crippen LogP contribution in [0, 0.1) is 6.92 Å². The average Bonchev–Trinajstić information content (AvgIpc) is 3.11. The Kier molecular flexibility index (Phi) is 5.77. The van der Waals surface area contributed by atoms with E-state index in [0.717, 1.165) is 16.0 Å². The first-order valence-electron chi connectivity index (χ1n) is 9.89. The highest BCUT2D eigenvalue weighted by Gasteiger charge is 2.16. The van der Waals surface area contributed by atoms with Gasteiger partial charge < -0.3 is 5.32 Å². The van der Waals surface area contributed by atoms with Gasteiger partial charge in [0.15, 0.2) is 5.78 Å². The molecule has 0 aliphatic carbocycles. The van der Waals surface area contributed by atoms with E-state index in [4.69, 9.17) is 0 Å². The largest absolute Gasteiger partial charge is 0.326 e. The highest BCUT2D eigenvalue weighted by atomic mass is 32.1. The lowest BCUT2D eigenvalue weighted by atomic mass is 10.1. The van der Waals surface area contributed by atoms with Gasteiger partial charge in [0.1, 0.15) is 4.83 Å². The van der Waals surface area contributed by atoms with Gasteiger partial charge in [-0.15, -0.1) is 11.3 Å². The maximum atomic E-state index is 13.0. The fraction of sp³-hybridized carbons (Fsp3) is 0.167. The van der Waals surface area contributed by atoms with E-state index in [0.29, 0.717) is 21.5 Å². The Bertz CT molecular complexity index is 1320. The Balaban J connectivity index is 1.50. The van der Waals surface area contributed by atoms with Crippen molar-refractivity contribution in [2.75, 3.05) is 5.32 Å². The number of ketones is 1. The topological polar surface area (TPSA) is 81.1 Å². The highest BCUT2D eigenvalue weighted by Crippen LogP contribution is 2.35. The lowest BCUT2D eigenvalue weighted by Gasteiger charge is -2.07. The van der Waals surface area contributed by atoms with Gasteiger partial charge in [0, 0.05) is 29.1 Å². The van der Waals surface area contributed by atoms with Gasteiger partial charge in [0.25, 0.3) is 5.56 Å². The number of carbonyl (C=O) groups excluding carboxylic acids is 2. The van der Waals surface area contributed by atoms with E-state index in [1.807, 2.05) is 37.3 Å². The van der Waals surface area contributed by atoms with Gasteiger partial charge in [0.2, 0.25) is 5.91 Å². The highest BCUT2D eigenvalue weighted by molar-refractivity contribution is 7.22. The van der Waals surface area contributed by atoms with Gasteiger partial charge >= 0.3 is 0 Å². The zero-order valence-electron chi connectivity index (χ0n) is 17.2. The SMILES string of the molecule is CC(=O)c1ccc(NC(=O)CCn2cnc3sc(-c4ccccc4)c(C)c3c2=O)cc1. The standard InChI is InChI=1S/C24H21N3O3S/c1-15-21-23(31-22(15)18-6-4-3-5-7-18)25-14-27(24(21)30)13-12-20(29)26-19-10-8-17(9-11-19)16(2)28/h3-11,14H,12-13H2,1-2H3,(H,26,29). The van der Waals surface area contributed by atoms with Crippen molar-refractivity contribution in [2.45, 2.75) is 26.8 Å². The molecule has 0 saturated heterocycles. The maximum absolute atomic E-state index is 13.0. The molecule has 1 N–H and O–H groups in total. The third-order valence-corrected chi connectivity index (χ3v) is 6.36. The summed E-state index contributed by atoms with van der Waals surface area (Å²) in [6.07, 6.45) is 1.64. The number of hydrogen-bond donors (Lipinski definition) is 1. The molecule has 0 bridgehead atoms. The normalized spacial score (nSPS) is 10.9. The minimum absolute atomic E-state index is 0.0284. The number of aryl methyl sites for hydroxylation is 2. The summed E-state index contributed by atoms with van der Waals surface area (Å²) in [5.74, 6) is -0.242. The molecule has 0 atom stereocenters. The number of nitrogens with one attached hydrogen (secondary N) is 1. The molecular formula is C24H21N3O3S. The molecule has 4 aromatic rings. The molecule has 0 unspecified atom stereocenters. The Morgan fingerprint density at radius 3 is 2.45 bits per heavy atom. The number of amides is 1. The van der Waals surface area contributed by atoms with Crippen LogP contribution in [0.15, 0.2) is 65.7 Å². The molecule has 6 nitrogen and oxygen atoms in total. The number of aromatic nitrogens is 2. The number of hydrogen-bond acceptors (Lipinski definition) is 5. The second-order valence-corrected chi connectivity index (χ2v) is 8.28. The fourth-order valence-corrected chi connectivity index (χ4v) is 4.56. The van der Waals surface area contributed by atoms with Crippen molar-refractivity contribution in [3.05, 3.63) is 82.4 Å². The van der Waals surface area contributed by atoms with Crippen LogP contribution in [0.2, 0.25) is 0 Å². The van der Waals surface area contributed by atoms with Crippen LogP contribution >= 0.6 is 11.3 Å². The van der Waals surface area contributed by atoms with Gasteiger partial charge in [-0.05, 0) is 49.2 Å². The van der Waals surface area contributed by atoms with Gasteiger partial charge in [-0.3, -0.25) is 19.0 Å². The number of carbonyl (C=O) groups is 2. The Labute approximate surface area is 183 Å². The first kappa shape index (κ1) is 20.7. The van der Waals surface area contributed by atoms with Crippen molar-refractivity contribution >= 4 is 38.9 Å². The number of fused-ring (bicyclic) bond motifs is 1. The predicted octanol–water partition coefficient (Wildman–Crippen LogP) is 4.66. The molecule has 0 spiro atoms. The van der Waals surface area contributed by atoms with E-state index in [1.54, 1.807) is 24.3 Å². The number of nitrogens with zero attached hydrogens (tertiary/aromatic N) is 2. The molecule has 156 valence electrons. The smallest absolute Gasteiger partial charge is 0.262 e. The van der Waals surface area contributed by atoms with Gasteiger partial charge in [-0.25, -0.2) is 4.98 Å². The predicted molar refractivity (Wildman–Crippen MR) is 124 cm³/mol. The van der Waals surface area contributed by atoms with Crippen LogP contribution < -0.4 is 10.9 Å². The van der Waals surface area contributed by atoms with Crippen LogP contribution in [0.1, 0.15) is 29.3 Å². The minimum atomic E-state index is -0.213. The molecule has 7 heteroatoms. The molecule has 0 radical (unpaired) electrons. The monoisotopic (exact) mass is 431 g/mol. The molecular weight excluding hydrogens is 410 g/mol. The summed E-state index contributed by atoms with van der Waals surface area (Å²) in [5.41, 5.74) is 3.03. The van der Waals surface area contributed by atoms with Gasteiger partial charge in [-0.2, -0.15) is 0 Å². The van der Waals surface area contributed by atoms with E-state index in [-0.39, 0.29) is 30.2 Å². The van der Waals surface area contributed by atoms with Crippen LogP contribution in [0.4, 0.5) is 5.69 Å². The van der Waals surface area contributed by atoms with Crippen molar-refractivity contribution < 1.29 is 9.59 Å². The first-order valence-corrected chi connectivity index (χ1v) is 10.7. The van der Waals surface area contributed by atoms with Crippen molar-refractivity contribution in [3.8, 4) is 10.4 Å². The molecule has 0 fully saturated rings. The minimum Gasteiger partial charge on any atom is -0.326 e. The third kappa shape index (κ3) is 4.32. The van der Waals surface area contributed by atoms with Crippen LogP contribution in [0.25, 0.3) is 20.7 Å². The van der Waals surface area contributed by atoms with E-state index in [9.17, 15) is 14.4 Å². The summed E-state index contributed by atoms with van der Waals surface area (Å²) in [6.45, 7) is 3.66. The van der Waals surface area contributed by atoms with Crippen molar-refractivity contribution in [2.24, 2.45) is 0 Å². The summed E-state index contributed by atoms with van der Waals surface area (Å²) < 4.78 is 1.48. The lowest BCUT2D eigenvalue weighted by Crippen LogP contribution is -2.23. The zero-order valence-corrected chi connectivity index (χ0v) is 18.0. The molecule has 1 amide bonds. The van der Waals surface area contributed by atoms with Gasteiger partial charge in [0.05, 0.1) is 11.7 Å². The summed E-state index contributed by atoms with van der Waals surface area (Å²) in [4.78, 5) is 42.9. The number of anilines is 1. The number of thiophene rings is 1. The van der Waals surface area contributed by atoms with Crippen LogP contribution in [-0.2, 0) is 11.3 Å². The van der Waals surface area contributed by atoms with Crippen molar-refractivity contribution in [3.63, 3.8) is 0 Å². The van der Waals surface area contributed by atoms with Crippen LogP contribution in [0.3, 0.4) is 0 Å². The Morgan fingerprint density at radius 1 is 1.06 bits per heavy atom. The lowest BCUT2D eigenvalue weighted by molar-refractivity contribution is -0.116. The molecule has 2 aromatic heterocycles. The maximum Gasteiger partial charge on any atom is 0.262 e. The number of Topliss-reactive ketones (excluding diaryl/α,β-unsaturated/α-hetero) is 1. The van der Waals surface area contributed by atoms with E-state index < -0.39 is 0 Å². The molecule has 4 rings (SSSR count). The zero-order chi connectivity index (χ0) is 22.0. The van der Waals surface area contributed by atoms with Crippen LogP contribution in [0.5, 0.6) is 0 Å². The molecule has 0 saturated carbocycles. The number of rotatable bonds is 6. The quantitative estimate of drug-likeness (QED) is 0.450. The van der Waals surface area contributed by atoms with E-state index in [2.05, 4.69) is 10.3 Å². The molecule has 2 aromatic carbocycles. The molecule has 0 aliphatic rings. The summed E-state index contributed by atoms with van der Waals surface area (Å²) in [7, 11) is 0. The van der Waals surface area contributed by atoms with Gasteiger partial charge in [-0.1, -0.05) is 30.3 Å². The van der Waals surface area contributed by atoms with E-state index in [1.165, 1.54) is 29.2 Å². The molecule has 2 heterocycles. The molecule has 0 aliphatic heterocycles. The second-order valence-electron chi connectivity index (χ2n) is 7.28. The first-order chi connectivity index (χ1) is 14.9. The Morgan fingerprint density at radius 2 is 1.77 bits per heavy atom. The van der Waals surface area contributed by atoms with Crippen LogP contribution in [-0.4, -0.2) is 21.2 Å². The summed E-state index contributed by atoms with van der Waals surface area (Å²) in [5, 5.41) is 3.39. The number of benzene rings is 2. The fourth-order valence-electron chi connectivity index (χ4n) is 3.42. The molecule has 31 heavy (non-hydrogen) atoms. The third-order valence-electron chi connectivity index (χ3n) is 5.11.